The molecule has 3 aliphatic rings. The molecule has 2 bridgehead atoms. The third kappa shape index (κ3) is 2.13. The Morgan fingerprint density at radius 1 is 1.26 bits per heavy atom. The molecule has 1 heterocycles. The molecule has 1 saturated carbocycles. The van der Waals surface area contributed by atoms with E-state index in [2.05, 4.69) is 19.9 Å². The number of para-hydroxylation sites is 1. The Balaban J connectivity index is 1.62. The van der Waals surface area contributed by atoms with Crippen LogP contribution >= 0.6 is 0 Å². The van der Waals surface area contributed by atoms with Crippen molar-refractivity contribution in [1.82, 2.24) is 0 Å². The predicted octanol–water partition coefficient (Wildman–Crippen LogP) is 4.42. The average Bonchev–Trinajstić information content (AvgIpc) is 2.54. The monoisotopic (exact) mass is 310 g/mol. The molecule has 0 aliphatic heterocycles. The molecule has 120 valence electrons. The minimum atomic E-state index is -0.414. The van der Waals surface area contributed by atoms with Gasteiger partial charge < -0.3 is 9.52 Å². The molecule has 3 nitrogen and oxygen atoms in total. The van der Waals surface area contributed by atoms with Gasteiger partial charge in [0.25, 0.3) is 0 Å². The average molecular weight is 310 g/mol. The normalized spacial score (nSPS) is 25.0. The fourth-order valence-electron chi connectivity index (χ4n) is 4.42. The standard InChI is InChI=1S/C20H22O3/c1-20(2)13-9-7-12(16(20)11-13)8-10-15-18(21)14-5-3-4-6-17(14)23-19(15)22/h3-7,13,16,21H,8-11H2,1-2H3/t13-,16-/m0/s1. The van der Waals surface area contributed by atoms with Crippen molar-refractivity contribution in [3.63, 3.8) is 0 Å². The van der Waals surface area contributed by atoms with Gasteiger partial charge in [0.1, 0.15) is 11.3 Å². The van der Waals surface area contributed by atoms with Crippen LogP contribution in [0.5, 0.6) is 5.75 Å². The van der Waals surface area contributed by atoms with Crippen molar-refractivity contribution in [1.29, 1.82) is 0 Å². The summed E-state index contributed by atoms with van der Waals surface area (Å²) in [6.07, 6.45) is 6.15. The summed E-state index contributed by atoms with van der Waals surface area (Å²) < 4.78 is 5.36. The van der Waals surface area contributed by atoms with E-state index in [1.807, 2.05) is 6.07 Å². The Morgan fingerprint density at radius 2 is 2.04 bits per heavy atom. The highest BCUT2D eigenvalue weighted by Crippen LogP contribution is 2.59. The molecule has 0 unspecified atom stereocenters. The Kier molecular flexibility index (Phi) is 3.15. The minimum Gasteiger partial charge on any atom is -0.507 e. The highest BCUT2D eigenvalue weighted by Gasteiger charge is 2.50. The zero-order valence-electron chi connectivity index (χ0n) is 13.6. The van der Waals surface area contributed by atoms with Crippen molar-refractivity contribution in [3.8, 4) is 5.75 Å². The van der Waals surface area contributed by atoms with Gasteiger partial charge in [-0.3, -0.25) is 0 Å². The molecule has 3 aliphatic carbocycles. The summed E-state index contributed by atoms with van der Waals surface area (Å²) in [4.78, 5) is 12.2. The second kappa shape index (κ2) is 4.98. The number of fused-ring (bicyclic) bond motifs is 2. The topological polar surface area (TPSA) is 50.4 Å². The minimum absolute atomic E-state index is 0.0824. The Hall–Kier alpha value is -2.03. The van der Waals surface area contributed by atoms with Crippen molar-refractivity contribution in [2.75, 3.05) is 0 Å². The van der Waals surface area contributed by atoms with Gasteiger partial charge in [-0.1, -0.05) is 37.6 Å². The van der Waals surface area contributed by atoms with E-state index in [1.165, 1.54) is 12.0 Å². The van der Waals surface area contributed by atoms with Gasteiger partial charge in [0, 0.05) is 0 Å². The van der Waals surface area contributed by atoms with Crippen LogP contribution in [-0.2, 0) is 6.42 Å². The number of aromatic hydroxyl groups is 1. The number of hydrogen-bond donors (Lipinski definition) is 1. The molecular weight excluding hydrogens is 288 g/mol. The summed E-state index contributed by atoms with van der Waals surface area (Å²) in [5.41, 5.74) is 2.27. The SMILES string of the molecule is CC1(C)[C@H]2CC=C(CCc3c(O)c4ccccc4oc3=O)[C@@H]1C2. The summed E-state index contributed by atoms with van der Waals surface area (Å²) in [5.74, 6) is 1.53. The molecule has 23 heavy (non-hydrogen) atoms. The van der Waals surface area contributed by atoms with Crippen LogP contribution in [0.15, 0.2) is 45.1 Å². The van der Waals surface area contributed by atoms with Crippen LogP contribution < -0.4 is 5.63 Å². The van der Waals surface area contributed by atoms with Gasteiger partial charge in [0.2, 0.25) is 0 Å². The van der Waals surface area contributed by atoms with E-state index < -0.39 is 5.63 Å². The second-order valence-electron chi connectivity index (χ2n) is 7.53. The van der Waals surface area contributed by atoms with Crippen LogP contribution in [0, 0.1) is 17.3 Å². The van der Waals surface area contributed by atoms with E-state index in [0.717, 1.165) is 18.8 Å². The van der Waals surface area contributed by atoms with E-state index >= 15 is 0 Å². The van der Waals surface area contributed by atoms with Crippen molar-refractivity contribution >= 4 is 11.0 Å². The molecule has 2 atom stereocenters. The molecule has 0 saturated heterocycles. The van der Waals surface area contributed by atoms with Crippen molar-refractivity contribution in [2.24, 2.45) is 17.3 Å². The third-order valence-corrected chi connectivity index (χ3v) is 6.12. The summed E-state index contributed by atoms with van der Waals surface area (Å²) in [5, 5.41) is 11.1. The first-order valence-corrected chi connectivity index (χ1v) is 8.41. The first-order chi connectivity index (χ1) is 11.0. The van der Waals surface area contributed by atoms with E-state index in [4.69, 9.17) is 4.42 Å². The molecule has 5 rings (SSSR count). The highest BCUT2D eigenvalue weighted by atomic mass is 16.4. The van der Waals surface area contributed by atoms with E-state index in [9.17, 15) is 9.90 Å². The molecule has 1 N–H and O–H groups in total. The fraction of sp³-hybridized carbons (Fsp3) is 0.450. The lowest BCUT2D eigenvalue weighted by Gasteiger charge is -2.56. The first-order valence-electron chi connectivity index (χ1n) is 8.41. The summed E-state index contributed by atoms with van der Waals surface area (Å²) in [7, 11) is 0. The molecule has 0 amide bonds. The molecule has 3 heteroatoms. The maximum atomic E-state index is 12.2. The van der Waals surface area contributed by atoms with Crippen LogP contribution in [0.1, 0.15) is 38.7 Å². The second-order valence-corrected chi connectivity index (χ2v) is 7.53. The molecule has 1 fully saturated rings. The quantitative estimate of drug-likeness (QED) is 0.674. The van der Waals surface area contributed by atoms with Crippen LogP contribution in [0.3, 0.4) is 0 Å². The van der Waals surface area contributed by atoms with Gasteiger partial charge in [-0.15, -0.1) is 0 Å². The predicted molar refractivity (Wildman–Crippen MR) is 90.5 cm³/mol. The lowest BCUT2D eigenvalue weighted by atomic mass is 9.48. The summed E-state index contributed by atoms with van der Waals surface area (Å²) >= 11 is 0. The van der Waals surface area contributed by atoms with Gasteiger partial charge in [-0.05, 0) is 55.1 Å². The Bertz CT molecular complexity index is 857. The maximum absolute atomic E-state index is 12.2. The molecular formula is C20H22O3. The smallest absolute Gasteiger partial charge is 0.343 e. The molecule has 1 aromatic carbocycles. The number of benzene rings is 1. The zero-order chi connectivity index (χ0) is 16.2. The maximum Gasteiger partial charge on any atom is 0.343 e. The fourth-order valence-corrected chi connectivity index (χ4v) is 4.42. The first kappa shape index (κ1) is 14.6. The number of allylic oxidation sites excluding steroid dienone is 2. The summed E-state index contributed by atoms with van der Waals surface area (Å²) in [6.45, 7) is 4.70. The van der Waals surface area contributed by atoms with Gasteiger partial charge in [0.05, 0.1) is 10.9 Å². The van der Waals surface area contributed by atoms with E-state index in [0.29, 0.717) is 34.3 Å². The van der Waals surface area contributed by atoms with Gasteiger partial charge in [0.15, 0.2) is 0 Å². The zero-order valence-corrected chi connectivity index (χ0v) is 13.6. The molecule has 1 aromatic heterocycles. The molecule has 0 radical (unpaired) electrons. The van der Waals surface area contributed by atoms with Crippen molar-refractivity contribution in [2.45, 2.75) is 39.5 Å². The van der Waals surface area contributed by atoms with Crippen molar-refractivity contribution in [3.05, 3.63) is 51.9 Å². The molecule has 2 aromatic rings. The number of hydrogen-bond acceptors (Lipinski definition) is 3. The van der Waals surface area contributed by atoms with Crippen LogP contribution in [0.4, 0.5) is 0 Å². The Labute approximate surface area is 135 Å². The van der Waals surface area contributed by atoms with Crippen molar-refractivity contribution < 1.29 is 9.52 Å². The van der Waals surface area contributed by atoms with Crippen LogP contribution in [0.25, 0.3) is 11.0 Å². The lowest BCUT2D eigenvalue weighted by Crippen LogP contribution is -2.48. The third-order valence-electron chi connectivity index (χ3n) is 6.12. The summed E-state index contributed by atoms with van der Waals surface area (Å²) in [6, 6.07) is 7.14. The van der Waals surface area contributed by atoms with Gasteiger partial charge >= 0.3 is 5.63 Å². The number of rotatable bonds is 3. The largest absolute Gasteiger partial charge is 0.507 e. The van der Waals surface area contributed by atoms with E-state index in [-0.39, 0.29) is 5.75 Å². The van der Waals surface area contributed by atoms with E-state index in [1.54, 1.807) is 18.2 Å². The Morgan fingerprint density at radius 3 is 2.78 bits per heavy atom. The lowest BCUT2D eigenvalue weighted by molar-refractivity contribution is -0.00818. The highest BCUT2D eigenvalue weighted by molar-refractivity contribution is 5.83. The van der Waals surface area contributed by atoms with Crippen LogP contribution in [0.2, 0.25) is 0 Å². The van der Waals surface area contributed by atoms with Gasteiger partial charge in [-0.2, -0.15) is 0 Å². The van der Waals surface area contributed by atoms with Gasteiger partial charge in [-0.25, -0.2) is 4.79 Å². The molecule has 0 spiro atoms. The van der Waals surface area contributed by atoms with Crippen LogP contribution in [-0.4, -0.2) is 5.11 Å².